The van der Waals surface area contributed by atoms with Crippen molar-refractivity contribution < 1.29 is 9.59 Å². The predicted octanol–water partition coefficient (Wildman–Crippen LogP) is 1.43. The molecule has 0 unspecified atom stereocenters. The zero-order valence-corrected chi connectivity index (χ0v) is 14.1. The quantitative estimate of drug-likeness (QED) is 0.774. The van der Waals surface area contributed by atoms with E-state index in [0.29, 0.717) is 11.6 Å². The lowest BCUT2D eigenvalue weighted by Crippen LogP contribution is -2.37. The van der Waals surface area contributed by atoms with Crippen molar-refractivity contribution in [2.45, 2.75) is 25.2 Å². The monoisotopic (exact) mass is 353 g/mol. The Hall–Kier alpha value is -3.16. The number of aromatic nitrogens is 2. The van der Waals surface area contributed by atoms with Gasteiger partial charge in [0.05, 0.1) is 11.5 Å². The van der Waals surface area contributed by atoms with Crippen LogP contribution < -0.4 is 21.1 Å². The van der Waals surface area contributed by atoms with Gasteiger partial charge in [-0.15, -0.1) is 0 Å². The number of carbonyl (C=O) groups is 2. The van der Waals surface area contributed by atoms with Gasteiger partial charge in [-0.1, -0.05) is 18.2 Å². The molecule has 0 saturated carbocycles. The molecule has 0 spiro atoms. The minimum atomic E-state index is -0.872. The topological polar surface area (TPSA) is 107 Å². The summed E-state index contributed by atoms with van der Waals surface area (Å²) in [4.78, 5) is 46.6. The average molecular weight is 353 g/mol. The lowest BCUT2D eigenvalue weighted by atomic mass is 9.92. The van der Waals surface area contributed by atoms with E-state index < -0.39 is 11.8 Å². The lowest BCUT2D eigenvalue weighted by Gasteiger charge is -2.25. The first-order chi connectivity index (χ1) is 12.6. The number of aromatic amines is 1. The molecule has 2 aliphatic heterocycles. The summed E-state index contributed by atoms with van der Waals surface area (Å²) in [6.45, 7) is 1.63. The summed E-state index contributed by atoms with van der Waals surface area (Å²) < 4.78 is 0. The van der Waals surface area contributed by atoms with Gasteiger partial charge >= 0.3 is 0 Å². The maximum absolute atomic E-state index is 12.7. The summed E-state index contributed by atoms with van der Waals surface area (Å²) in [7, 11) is 0. The highest BCUT2D eigenvalue weighted by Gasteiger charge is 2.35. The van der Waals surface area contributed by atoms with E-state index in [1.807, 2.05) is 11.0 Å². The van der Waals surface area contributed by atoms with Crippen LogP contribution in [0.1, 0.15) is 30.7 Å². The fourth-order valence-electron chi connectivity index (χ4n) is 3.41. The third-order valence-electron chi connectivity index (χ3n) is 4.70. The summed E-state index contributed by atoms with van der Waals surface area (Å²) in [5, 5.41) is 5.40. The highest BCUT2D eigenvalue weighted by molar-refractivity contribution is 6.04. The van der Waals surface area contributed by atoms with Crippen molar-refractivity contribution in [3.8, 4) is 0 Å². The third kappa shape index (κ3) is 3.05. The number of amides is 2. The number of nitrogens with one attached hydrogen (secondary N) is 3. The van der Waals surface area contributed by atoms with E-state index in [1.165, 1.54) is 0 Å². The van der Waals surface area contributed by atoms with Gasteiger partial charge in [0, 0.05) is 25.2 Å². The van der Waals surface area contributed by atoms with Crippen molar-refractivity contribution >= 4 is 29.3 Å². The summed E-state index contributed by atoms with van der Waals surface area (Å²) in [6, 6.07) is 8.94. The van der Waals surface area contributed by atoms with Crippen LogP contribution in [-0.2, 0) is 9.59 Å². The van der Waals surface area contributed by atoms with E-state index >= 15 is 0 Å². The number of benzene rings is 1. The maximum atomic E-state index is 12.7. The van der Waals surface area contributed by atoms with Crippen LogP contribution in [0.15, 0.2) is 35.1 Å². The molecule has 0 radical (unpaired) electrons. The highest BCUT2D eigenvalue weighted by atomic mass is 16.2. The van der Waals surface area contributed by atoms with Gasteiger partial charge in [0.15, 0.2) is 0 Å². The van der Waals surface area contributed by atoms with Crippen LogP contribution in [0.2, 0.25) is 0 Å². The molecular weight excluding hydrogens is 334 g/mol. The first-order valence-corrected chi connectivity index (χ1v) is 8.67. The fraction of sp³-hybridized carbons (Fsp3) is 0.333. The molecule has 3 N–H and O–H groups in total. The molecule has 1 atom stereocenters. The molecule has 1 aromatic heterocycles. The summed E-state index contributed by atoms with van der Waals surface area (Å²) in [5.41, 5.74) is 0.439. The van der Waals surface area contributed by atoms with Gasteiger partial charge in [0.2, 0.25) is 17.8 Å². The lowest BCUT2D eigenvalue weighted by molar-refractivity contribution is -0.123. The van der Waals surface area contributed by atoms with Gasteiger partial charge in [0.25, 0.3) is 5.56 Å². The van der Waals surface area contributed by atoms with E-state index in [0.717, 1.165) is 25.9 Å². The summed E-state index contributed by atoms with van der Waals surface area (Å²) >= 11 is 0. The maximum Gasteiger partial charge on any atom is 0.258 e. The minimum absolute atomic E-state index is 0.0838. The number of rotatable bonds is 3. The molecule has 0 aliphatic carbocycles. The van der Waals surface area contributed by atoms with Crippen molar-refractivity contribution in [2.24, 2.45) is 0 Å². The Labute approximate surface area is 149 Å². The molecule has 1 aromatic carbocycles. The average Bonchev–Trinajstić information content (AvgIpc) is 3.16. The standard InChI is InChI=1S/C18H19N5O3/c24-13-10-12(16(25)19-11-6-2-1-3-7-11)14-15(20-13)21-18(22-17(14)26)23-8-4-5-9-23/h1-3,6-7,12H,4-5,8-10H2,(H,19,25)(H2,20,21,22,24,26)/t12-/m1/s1. The van der Waals surface area contributed by atoms with Crippen molar-refractivity contribution in [3.63, 3.8) is 0 Å². The van der Waals surface area contributed by atoms with Crippen LogP contribution in [0.4, 0.5) is 17.5 Å². The van der Waals surface area contributed by atoms with Crippen LogP contribution in [0.3, 0.4) is 0 Å². The number of hydrogen-bond acceptors (Lipinski definition) is 5. The third-order valence-corrected chi connectivity index (χ3v) is 4.70. The first kappa shape index (κ1) is 16.3. The van der Waals surface area contributed by atoms with Crippen molar-refractivity contribution in [2.75, 3.05) is 28.6 Å². The molecule has 1 saturated heterocycles. The number of fused-ring (bicyclic) bond motifs is 1. The molecule has 4 rings (SSSR count). The van der Waals surface area contributed by atoms with Gasteiger partial charge in [-0.25, -0.2) is 0 Å². The zero-order chi connectivity index (χ0) is 18.1. The van der Waals surface area contributed by atoms with Gasteiger partial charge in [-0.3, -0.25) is 19.4 Å². The van der Waals surface area contributed by atoms with Crippen molar-refractivity contribution in [1.29, 1.82) is 0 Å². The molecule has 1 fully saturated rings. The Kier molecular flexibility index (Phi) is 4.16. The number of nitrogens with zero attached hydrogens (tertiary/aromatic N) is 2. The molecule has 134 valence electrons. The normalized spacial score (nSPS) is 19.0. The Morgan fingerprint density at radius 2 is 1.88 bits per heavy atom. The molecule has 2 aromatic rings. The highest BCUT2D eigenvalue weighted by Crippen LogP contribution is 2.30. The van der Waals surface area contributed by atoms with Crippen LogP contribution in [0.25, 0.3) is 0 Å². The molecule has 2 aliphatic rings. The molecule has 2 amide bonds. The first-order valence-electron chi connectivity index (χ1n) is 8.67. The van der Waals surface area contributed by atoms with Crippen LogP contribution in [0.5, 0.6) is 0 Å². The Balaban J connectivity index is 1.67. The number of hydrogen-bond donors (Lipinski definition) is 3. The van der Waals surface area contributed by atoms with Crippen molar-refractivity contribution in [1.82, 2.24) is 9.97 Å². The number of anilines is 3. The fourth-order valence-corrected chi connectivity index (χ4v) is 3.41. The van der Waals surface area contributed by atoms with Crippen LogP contribution in [-0.4, -0.2) is 34.9 Å². The van der Waals surface area contributed by atoms with Crippen molar-refractivity contribution in [3.05, 3.63) is 46.2 Å². The molecule has 0 bridgehead atoms. The molecule has 3 heterocycles. The number of carbonyl (C=O) groups excluding carboxylic acids is 2. The van der Waals surface area contributed by atoms with Crippen LogP contribution >= 0.6 is 0 Å². The second-order valence-electron chi connectivity index (χ2n) is 6.51. The van der Waals surface area contributed by atoms with E-state index in [1.54, 1.807) is 24.3 Å². The van der Waals surface area contributed by atoms with Gasteiger partial charge in [-0.05, 0) is 25.0 Å². The van der Waals surface area contributed by atoms with Crippen LogP contribution in [0, 0.1) is 0 Å². The minimum Gasteiger partial charge on any atom is -0.342 e. The largest absolute Gasteiger partial charge is 0.342 e. The Morgan fingerprint density at radius 3 is 2.62 bits per heavy atom. The molecule has 8 nitrogen and oxygen atoms in total. The molecular formula is C18H19N5O3. The molecule has 26 heavy (non-hydrogen) atoms. The van der Waals surface area contributed by atoms with Gasteiger partial charge in [0.1, 0.15) is 5.82 Å². The van der Waals surface area contributed by atoms with Gasteiger partial charge < -0.3 is 15.5 Å². The second-order valence-corrected chi connectivity index (χ2v) is 6.51. The van der Waals surface area contributed by atoms with E-state index in [4.69, 9.17) is 0 Å². The predicted molar refractivity (Wildman–Crippen MR) is 97.4 cm³/mol. The molecule has 8 heteroatoms. The summed E-state index contributed by atoms with van der Waals surface area (Å²) in [5.74, 6) is -0.969. The van der Waals surface area contributed by atoms with E-state index in [2.05, 4.69) is 20.6 Å². The van der Waals surface area contributed by atoms with E-state index in [-0.39, 0.29) is 29.3 Å². The Morgan fingerprint density at radius 1 is 1.15 bits per heavy atom. The smallest absolute Gasteiger partial charge is 0.258 e. The zero-order valence-electron chi connectivity index (χ0n) is 14.1. The SMILES string of the molecule is O=C1C[C@@H](C(=O)Nc2ccccc2)c2c(nc(N3CCCC3)[nH]c2=O)N1. The number of para-hydroxylation sites is 1. The second kappa shape index (κ2) is 6.62. The van der Waals surface area contributed by atoms with Gasteiger partial charge in [-0.2, -0.15) is 4.98 Å². The Bertz CT molecular complexity index is 903. The van der Waals surface area contributed by atoms with E-state index in [9.17, 15) is 14.4 Å². The summed E-state index contributed by atoms with van der Waals surface area (Å²) in [6.07, 6.45) is 1.99. The number of H-pyrrole nitrogens is 1.